The smallest absolute Gasteiger partial charge is 0.175 e. The van der Waals surface area contributed by atoms with Gasteiger partial charge in [-0.2, -0.15) is 0 Å². The van der Waals surface area contributed by atoms with Crippen molar-refractivity contribution in [2.24, 2.45) is 10.9 Å². The molecule has 6 heteroatoms. The van der Waals surface area contributed by atoms with Crippen molar-refractivity contribution in [3.8, 4) is 0 Å². The highest BCUT2D eigenvalue weighted by Gasteiger charge is 2.16. The second-order valence-corrected chi connectivity index (χ2v) is 3.85. The van der Waals surface area contributed by atoms with Gasteiger partial charge in [-0.1, -0.05) is 11.2 Å². The van der Waals surface area contributed by atoms with E-state index in [0.29, 0.717) is 12.2 Å². The fourth-order valence-corrected chi connectivity index (χ4v) is 1.63. The van der Waals surface area contributed by atoms with Crippen LogP contribution >= 0.6 is 0 Å². The molecular formula is C11H16FN3O2. The molecular weight excluding hydrogens is 225 g/mol. The van der Waals surface area contributed by atoms with Gasteiger partial charge < -0.3 is 20.9 Å². The fourth-order valence-electron chi connectivity index (χ4n) is 1.63. The lowest BCUT2D eigenvalue weighted by Gasteiger charge is -2.23. The molecule has 0 aliphatic heterocycles. The first kappa shape index (κ1) is 13.2. The van der Waals surface area contributed by atoms with Crippen molar-refractivity contribution < 1.29 is 14.7 Å². The first-order chi connectivity index (χ1) is 7.97. The summed E-state index contributed by atoms with van der Waals surface area (Å²) in [6.07, 6.45) is -0.566. The molecule has 1 aromatic rings. The van der Waals surface area contributed by atoms with E-state index in [2.05, 4.69) is 5.16 Å². The van der Waals surface area contributed by atoms with Crippen molar-refractivity contribution in [1.82, 2.24) is 0 Å². The molecule has 1 rings (SSSR count). The van der Waals surface area contributed by atoms with Crippen LogP contribution in [0.15, 0.2) is 23.4 Å². The standard InChI is InChI=1S/C11H16FN3O2/c1-7(16)6-15(2)9-5-3-4-8(12)10(9)11(13)14-17/h3-5,7,16-17H,6H2,1-2H3,(H2,13,14). The van der Waals surface area contributed by atoms with Gasteiger partial charge in [-0.05, 0) is 19.1 Å². The molecule has 0 aromatic heterocycles. The number of nitrogens with zero attached hydrogens (tertiary/aromatic N) is 2. The zero-order chi connectivity index (χ0) is 13.0. The molecule has 4 N–H and O–H groups in total. The molecule has 1 aromatic carbocycles. The number of hydrogen-bond donors (Lipinski definition) is 3. The van der Waals surface area contributed by atoms with Crippen molar-refractivity contribution in [3.63, 3.8) is 0 Å². The number of halogens is 1. The number of hydrogen-bond acceptors (Lipinski definition) is 4. The van der Waals surface area contributed by atoms with Gasteiger partial charge in [0.15, 0.2) is 5.84 Å². The molecule has 17 heavy (non-hydrogen) atoms. The van der Waals surface area contributed by atoms with Crippen molar-refractivity contribution in [2.45, 2.75) is 13.0 Å². The van der Waals surface area contributed by atoms with E-state index < -0.39 is 11.9 Å². The number of aliphatic hydroxyl groups is 1. The highest BCUT2D eigenvalue weighted by molar-refractivity contribution is 6.02. The molecule has 0 saturated heterocycles. The van der Waals surface area contributed by atoms with Crippen LogP contribution in [-0.2, 0) is 0 Å². The van der Waals surface area contributed by atoms with E-state index in [1.807, 2.05) is 0 Å². The number of oxime groups is 1. The second kappa shape index (κ2) is 5.49. The third kappa shape index (κ3) is 3.07. The van der Waals surface area contributed by atoms with Gasteiger partial charge in [-0.25, -0.2) is 4.39 Å². The van der Waals surface area contributed by atoms with Crippen molar-refractivity contribution in [1.29, 1.82) is 0 Å². The number of amidine groups is 1. The van der Waals surface area contributed by atoms with E-state index in [4.69, 9.17) is 10.9 Å². The van der Waals surface area contributed by atoms with Crippen LogP contribution in [0.25, 0.3) is 0 Å². The van der Waals surface area contributed by atoms with E-state index in [0.717, 1.165) is 0 Å². The molecule has 0 aliphatic carbocycles. The van der Waals surface area contributed by atoms with Crippen molar-refractivity contribution in [3.05, 3.63) is 29.6 Å². The van der Waals surface area contributed by atoms with Gasteiger partial charge in [0, 0.05) is 13.6 Å². The molecule has 0 fully saturated rings. The summed E-state index contributed by atoms with van der Waals surface area (Å²) in [6, 6.07) is 4.39. The Bertz CT molecular complexity index is 421. The first-order valence-electron chi connectivity index (χ1n) is 5.13. The summed E-state index contributed by atoms with van der Waals surface area (Å²) < 4.78 is 13.6. The van der Waals surface area contributed by atoms with E-state index in [1.54, 1.807) is 24.9 Å². The quantitative estimate of drug-likeness (QED) is 0.314. The van der Waals surface area contributed by atoms with Gasteiger partial charge in [0.25, 0.3) is 0 Å². The Labute approximate surface area is 99.0 Å². The minimum atomic E-state index is -0.574. The molecule has 1 unspecified atom stereocenters. The Balaban J connectivity index is 3.19. The Hall–Kier alpha value is -1.82. The number of nitrogens with two attached hydrogens (primary N) is 1. The number of likely N-dealkylation sites (N-methyl/N-ethyl adjacent to an activating group) is 1. The summed E-state index contributed by atoms with van der Waals surface area (Å²) in [7, 11) is 1.69. The van der Waals surface area contributed by atoms with E-state index in [-0.39, 0.29) is 11.4 Å². The monoisotopic (exact) mass is 241 g/mol. The lowest BCUT2D eigenvalue weighted by atomic mass is 10.1. The van der Waals surface area contributed by atoms with E-state index in [1.165, 1.54) is 12.1 Å². The van der Waals surface area contributed by atoms with Crippen LogP contribution in [0, 0.1) is 5.82 Å². The normalized spacial score (nSPS) is 13.5. The first-order valence-corrected chi connectivity index (χ1v) is 5.13. The molecule has 1 atom stereocenters. The zero-order valence-electron chi connectivity index (χ0n) is 9.76. The lowest BCUT2D eigenvalue weighted by Crippen LogP contribution is -2.30. The summed E-state index contributed by atoms with van der Waals surface area (Å²) in [4.78, 5) is 1.64. The maximum atomic E-state index is 13.6. The van der Waals surface area contributed by atoms with Crippen LogP contribution in [0.1, 0.15) is 12.5 Å². The van der Waals surface area contributed by atoms with Crippen molar-refractivity contribution >= 4 is 11.5 Å². The van der Waals surface area contributed by atoms with Crippen LogP contribution in [0.2, 0.25) is 0 Å². The Morgan fingerprint density at radius 3 is 2.76 bits per heavy atom. The summed E-state index contributed by atoms with van der Waals surface area (Å²) in [5.41, 5.74) is 5.92. The van der Waals surface area contributed by atoms with E-state index in [9.17, 15) is 9.50 Å². The largest absolute Gasteiger partial charge is 0.409 e. The summed E-state index contributed by atoms with van der Waals surface area (Å²) in [5, 5.41) is 20.7. The maximum absolute atomic E-state index is 13.6. The summed E-state index contributed by atoms with van der Waals surface area (Å²) in [6.45, 7) is 1.94. The minimum absolute atomic E-state index is 0.0261. The predicted octanol–water partition coefficient (Wildman–Crippen LogP) is 0.737. The number of rotatable bonds is 4. The second-order valence-electron chi connectivity index (χ2n) is 3.85. The summed E-state index contributed by atoms with van der Waals surface area (Å²) >= 11 is 0. The fraction of sp³-hybridized carbons (Fsp3) is 0.364. The Morgan fingerprint density at radius 2 is 2.24 bits per heavy atom. The van der Waals surface area contributed by atoms with Crippen LogP contribution in [0.3, 0.4) is 0 Å². The third-order valence-corrected chi connectivity index (χ3v) is 2.30. The number of anilines is 1. The van der Waals surface area contributed by atoms with Crippen LogP contribution < -0.4 is 10.6 Å². The molecule has 0 heterocycles. The number of benzene rings is 1. The predicted molar refractivity (Wildman–Crippen MR) is 63.9 cm³/mol. The van der Waals surface area contributed by atoms with Gasteiger partial charge in [-0.3, -0.25) is 0 Å². The molecule has 94 valence electrons. The Morgan fingerprint density at radius 1 is 1.59 bits per heavy atom. The summed E-state index contributed by atoms with van der Waals surface area (Å²) in [5.74, 6) is -0.870. The molecule has 5 nitrogen and oxygen atoms in total. The molecule has 0 saturated carbocycles. The SMILES string of the molecule is CC(O)CN(C)c1cccc(F)c1C(N)=NO. The average molecular weight is 241 g/mol. The van der Waals surface area contributed by atoms with Crippen LogP contribution in [0.4, 0.5) is 10.1 Å². The number of aliphatic hydroxyl groups excluding tert-OH is 1. The lowest BCUT2D eigenvalue weighted by molar-refractivity contribution is 0.201. The molecule has 0 bridgehead atoms. The molecule has 0 aliphatic rings. The highest BCUT2D eigenvalue weighted by Crippen LogP contribution is 2.22. The minimum Gasteiger partial charge on any atom is -0.409 e. The van der Waals surface area contributed by atoms with Gasteiger partial charge in [0.1, 0.15) is 5.82 Å². The Kier molecular flexibility index (Phi) is 4.28. The van der Waals surface area contributed by atoms with E-state index >= 15 is 0 Å². The van der Waals surface area contributed by atoms with Gasteiger partial charge in [0.2, 0.25) is 0 Å². The highest BCUT2D eigenvalue weighted by atomic mass is 19.1. The molecule has 0 radical (unpaired) electrons. The van der Waals surface area contributed by atoms with Crippen LogP contribution in [0.5, 0.6) is 0 Å². The van der Waals surface area contributed by atoms with Crippen molar-refractivity contribution in [2.75, 3.05) is 18.5 Å². The maximum Gasteiger partial charge on any atom is 0.175 e. The zero-order valence-corrected chi connectivity index (χ0v) is 9.76. The average Bonchev–Trinajstić information content (AvgIpc) is 2.26. The third-order valence-electron chi connectivity index (χ3n) is 2.30. The topological polar surface area (TPSA) is 82.1 Å². The van der Waals surface area contributed by atoms with Gasteiger partial charge in [0.05, 0.1) is 17.4 Å². The molecule has 0 amide bonds. The van der Waals surface area contributed by atoms with Crippen LogP contribution in [-0.4, -0.2) is 35.8 Å². The van der Waals surface area contributed by atoms with Gasteiger partial charge >= 0.3 is 0 Å². The van der Waals surface area contributed by atoms with Gasteiger partial charge in [-0.15, -0.1) is 0 Å². The molecule has 0 spiro atoms.